The van der Waals surface area contributed by atoms with Gasteiger partial charge in [-0.1, -0.05) is 50.6 Å². The van der Waals surface area contributed by atoms with Crippen LogP contribution in [0.5, 0.6) is 0 Å². The van der Waals surface area contributed by atoms with E-state index in [1.807, 2.05) is 0 Å². The van der Waals surface area contributed by atoms with Crippen LogP contribution >= 0.6 is 0 Å². The molecule has 0 aromatic carbocycles. The van der Waals surface area contributed by atoms with Gasteiger partial charge >= 0.3 is 0 Å². The molecular formula is C14H27N3O. The van der Waals surface area contributed by atoms with Gasteiger partial charge in [-0.2, -0.15) is 4.98 Å². The maximum Gasteiger partial charge on any atom is 0.226 e. The fraction of sp³-hybridized carbons (Fsp3) is 0.857. The molecule has 0 fully saturated rings. The fourth-order valence-electron chi connectivity index (χ4n) is 1.99. The minimum absolute atomic E-state index is 0.682. The Morgan fingerprint density at radius 2 is 1.67 bits per heavy atom. The largest absolute Gasteiger partial charge is 0.339 e. The summed E-state index contributed by atoms with van der Waals surface area (Å²) in [5, 5.41) is 3.95. The van der Waals surface area contributed by atoms with Gasteiger partial charge in [0.2, 0.25) is 5.89 Å². The second-order valence-electron chi connectivity index (χ2n) is 4.87. The molecule has 0 atom stereocenters. The van der Waals surface area contributed by atoms with Crippen LogP contribution in [0.15, 0.2) is 4.52 Å². The van der Waals surface area contributed by atoms with Crippen molar-refractivity contribution in [2.24, 2.45) is 5.73 Å². The van der Waals surface area contributed by atoms with E-state index in [1.165, 1.54) is 38.5 Å². The Hall–Kier alpha value is -0.900. The maximum absolute atomic E-state index is 5.45. The molecule has 1 heterocycles. The quantitative estimate of drug-likeness (QED) is 0.615. The van der Waals surface area contributed by atoms with Gasteiger partial charge < -0.3 is 10.3 Å². The van der Waals surface area contributed by atoms with Crippen molar-refractivity contribution in [3.8, 4) is 0 Å². The van der Waals surface area contributed by atoms with Crippen molar-refractivity contribution in [2.75, 3.05) is 6.54 Å². The molecule has 1 aromatic heterocycles. The van der Waals surface area contributed by atoms with Gasteiger partial charge in [-0.25, -0.2) is 0 Å². The topological polar surface area (TPSA) is 64.9 Å². The average Bonchev–Trinajstić information content (AvgIpc) is 2.83. The van der Waals surface area contributed by atoms with Crippen LogP contribution < -0.4 is 5.73 Å². The van der Waals surface area contributed by atoms with E-state index in [1.54, 1.807) is 0 Å². The molecule has 1 rings (SSSR count). The molecule has 4 heteroatoms. The first-order valence-corrected chi connectivity index (χ1v) is 7.38. The summed E-state index contributed by atoms with van der Waals surface area (Å²) >= 11 is 0. The van der Waals surface area contributed by atoms with Crippen LogP contribution in [0.2, 0.25) is 0 Å². The Bertz CT molecular complexity index is 299. The van der Waals surface area contributed by atoms with E-state index in [2.05, 4.69) is 17.1 Å². The summed E-state index contributed by atoms with van der Waals surface area (Å²) in [6, 6.07) is 0. The lowest BCUT2D eigenvalue weighted by molar-refractivity contribution is 0.368. The van der Waals surface area contributed by atoms with Gasteiger partial charge in [0.1, 0.15) is 0 Å². The first-order valence-electron chi connectivity index (χ1n) is 7.38. The number of nitrogens with two attached hydrogens (primary N) is 1. The van der Waals surface area contributed by atoms with Crippen LogP contribution in [-0.2, 0) is 12.8 Å². The summed E-state index contributed by atoms with van der Waals surface area (Å²) in [4.78, 5) is 4.36. The van der Waals surface area contributed by atoms with Gasteiger partial charge in [-0.3, -0.25) is 0 Å². The van der Waals surface area contributed by atoms with Crippen molar-refractivity contribution in [2.45, 2.75) is 71.1 Å². The summed E-state index contributed by atoms with van der Waals surface area (Å²) in [7, 11) is 0. The first-order chi connectivity index (χ1) is 8.86. The average molecular weight is 253 g/mol. The normalized spacial score (nSPS) is 11.0. The SMILES string of the molecule is CCCCCCCCCc1nc(CCCN)no1. The van der Waals surface area contributed by atoms with Gasteiger partial charge in [0, 0.05) is 12.8 Å². The van der Waals surface area contributed by atoms with E-state index in [9.17, 15) is 0 Å². The van der Waals surface area contributed by atoms with Crippen LogP contribution in [0.3, 0.4) is 0 Å². The van der Waals surface area contributed by atoms with E-state index in [0.29, 0.717) is 6.54 Å². The Morgan fingerprint density at radius 1 is 0.944 bits per heavy atom. The second kappa shape index (κ2) is 10.1. The minimum Gasteiger partial charge on any atom is -0.339 e. The van der Waals surface area contributed by atoms with E-state index in [4.69, 9.17) is 10.3 Å². The first kappa shape index (κ1) is 15.2. The monoisotopic (exact) mass is 253 g/mol. The zero-order valence-electron chi connectivity index (χ0n) is 11.7. The van der Waals surface area contributed by atoms with Gasteiger partial charge in [0.15, 0.2) is 5.82 Å². The van der Waals surface area contributed by atoms with Crippen molar-refractivity contribution >= 4 is 0 Å². The number of nitrogens with zero attached hydrogens (tertiary/aromatic N) is 2. The van der Waals surface area contributed by atoms with Crippen LogP contribution in [-0.4, -0.2) is 16.7 Å². The molecule has 18 heavy (non-hydrogen) atoms. The van der Waals surface area contributed by atoms with Crippen molar-refractivity contribution in [3.05, 3.63) is 11.7 Å². The highest BCUT2D eigenvalue weighted by Gasteiger charge is 2.05. The Labute approximate surface area is 110 Å². The summed E-state index contributed by atoms with van der Waals surface area (Å²) in [5.41, 5.74) is 5.45. The van der Waals surface area contributed by atoms with Crippen LogP contribution in [0, 0.1) is 0 Å². The minimum atomic E-state index is 0.682. The predicted molar refractivity (Wildman–Crippen MR) is 73.4 cm³/mol. The molecule has 0 spiro atoms. The predicted octanol–water partition coefficient (Wildman–Crippen LogP) is 3.25. The smallest absolute Gasteiger partial charge is 0.226 e. The number of aromatic nitrogens is 2. The number of hydrogen-bond acceptors (Lipinski definition) is 4. The van der Waals surface area contributed by atoms with Crippen LogP contribution in [0.1, 0.15) is 70.0 Å². The highest BCUT2D eigenvalue weighted by atomic mass is 16.5. The third-order valence-electron chi connectivity index (χ3n) is 3.11. The molecule has 0 saturated carbocycles. The molecule has 0 unspecified atom stereocenters. The van der Waals surface area contributed by atoms with Crippen molar-refractivity contribution < 1.29 is 4.52 Å². The molecule has 104 valence electrons. The van der Waals surface area contributed by atoms with Gasteiger partial charge in [0.25, 0.3) is 0 Å². The summed E-state index contributed by atoms with van der Waals surface area (Å²) < 4.78 is 5.20. The highest BCUT2D eigenvalue weighted by molar-refractivity contribution is 4.86. The number of hydrogen-bond donors (Lipinski definition) is 1. The highest BCUT2D eigenvalue weighted by Crippen LogP contribution is 2.10. The molecule has 0 radical (unpaired) electrons. The third kappa shape index (κ3) is 6.74. The molecule has 0 bridgehead atoms. The van der Waals surface area contributed by atoms with E-state index in [-0.39, 0.29) is 0 Å². The summed E-state index contributed by atoms with van der Waals surface area (Å²) in [5.74, 6) is 1.59. The Balaban J connectivity index is 2.03. The van der Waals surface area contributed by atoms with Gasteiger partial charge in [-0.15, -0.1) is 0 Å². The maximum atomic E-state index is 5.45. The van der Waals surface area contributed by atoms with Crippen molar-refractivity contribution in [3.63, 3.8) is 0 Å². The molecule has 0 aliphatic heterocycles. The lowest BCUT2D eigenvalue weighted by Crippen LogP contribution is -2.01. The Morgan fingerprint density at radius 3 is 2.39 bits per heavy atom. The summed E-state index contributed by atoms with van der Waals surface area (Å²) in [6.45, 7) is 2.93. The number of unbranched alkanes of at least 4 members (excludes halogenated alkanes) is 6. The molecule has 1 aromatic rings. The molecule has 2 N–H and O–H groups in total. The number of aryl methyl sites for hydroxylation is 2. The second-order valence-corrected chi connectivity index (χ2v) is 4.87. The zero-order chi connectivity index (χ0) is 13.1. The summed E-state index contributed by atoms with van der Waals surface area (Å²) in [6.07, 6.45) is 11.8. The number of rotatable bonds is 11. The van der Waals surface area contributed by atoms with Crippen molar-refractivity contribution in [1.29, 1.82) is 0 Å². The van der Waals surface area contributed by atoms with E-state index >= 15 is 0 Å². The van der Waals surface area contributed by atoms with E-state index in [0.717, 1.165) is 37.4 Å². The lowest BCUT2D eigenvalue weighted by Gasteiger charge is -1.98. The standard InChI is InChI=1S/C14H27N3O/c1-2-3-4-5-6-7-8-11-14-16-13(17-18-14)10-9-12-15/h2-12,15H2,1H3. The molecule has 0 amide bonds. The van der Waals surface area contributed by atoms with Gasteiger partial charge in [0.05, 0.1) is 0 Å². The van der Waals surface area contributed by atoms with Gasteiger partial charge in [-0.05, 0) is 19.4 Å². The lowest BCUT2D eigenvalue weighted by atomic mass is 10.1. The molecule has 0 aliphatic carbocycles. The molecule has 0 aliphatic rings. The van der Waals surface area contributed by atoms with Crippen molar-refractivity contribution in [1.82, 2.24) is 10.1 Å². The van der Waals surface area contributed by atoms with Crippen LogP contribution in [0.25, 0.3) is 0 Å². The molecule has 0 saturated heterocycles. The Kier molecular flexibility index (Phi) is 8.47. The third-order valence-corrected chi connectivity index (χ3v) is 3.11. The van der Waals surface area contributed by atoms with Crippen LogP contribution in [0.4, 0.5) is 0 Å². The fourth-order valence-corrected chi connectivity index (χ4v) is 1.99. The zero-order valence-corrected chi connectivity index (χ0v) is 11.7. The molecule has 4 nitrogen and oxygen atoms in total. The van der Waals surface area contributed by atoms with E-state index < -0.39 is 0 Å². The molecular weight excluding hydrogens is 226 g/mol.